The maximum atomic E-state index is 11.5. The highest BCUT2D eigenvalue weighted by Gasteiger charge is 2.12. The minimum atomic E-state index is -0.164. The summed E-state index contributed by atoms with van der Waals surface area (Å²) in [6.45, 7) is 3.93. The summed E-state index contributed by atoms with van der Waals surface area (Å²) in [7, 11) is 1.60. The van der Waals surface area contributed by atoms with Crippen LogP contribution in [0.4, 0.5) is 0 Å². The zero-order chi connectivity index (χ0) is 18.2. The molecule has 1 aromatic carbocycles. The van der Waals surface area contributed by atoms with Crippen molar-refractivity contribution in [3.05, 3.63) is 35.9 Å². The standard InChI is InChI=1S/C20H32O5/c1-3-24-20(21)14-13-19(25-17-22-2)12-8-5-9-15-23-16-18-10-6-4-7-11-18/h4,6-7,10-11,19H,3,5,8-9,12-17H2,1-2H3/t19-/m1/s1. The number of unbranched alkanes of at least 4 members (excludes halogenated alkanes) is 2. The molecule has 0 heterocycles. The highest BCUT2D eigenvalue weighted by atomic mass is 16.7. The van der Waals surface area contributed by atoms with Crippen molar-refractivity contribution < 1.29 is 23.7 Å². The largest absolute Gasteiger partial charge is 0.466 e. The fourth-order valence-electron chi connectivity index (χ4n) is 2.50. The van der Waals surface area contributed by atoms with E-state index in [2.05, 4.69) is 12.1 Å². The smallest absolute Gasteiger partial charge is 0.305 e. The number of benzene rings is 1. The van der Waals surface area contributed by atoms with E-state index in [0.29, 0.717) is 26.1 Å². The summed E-state index contributed by atoms with van der Waals surface area (Å²) in [6.07, 6.45) is 5.18. The van der Waals surface area contributed by atoms with Gasteiger partial charge in [0.05, 0.1) is 19.3 Å². The number of rotatable bonds is 15. The van der Waals surface area contributed by atoms with E-state index in [0.717, 1.165) is 32.3 Å². The van der Waals surface area contributed by atoms with Crippen LogP contribution < -0.4 is 0 Å². The SMILES string of the molecule is CCOC(=O)CC[C@@H](CCCCCOCc1ccccc1)OCOC. The summed E-state index contributed by atoms with van der Waals surface area (Å²) >= 11 is 0. The van der Waals surface area contributed by atoms with Gasteiger partial charge in [-0.2, -0.15) is 0 Å². The van der Waals surface area contributed by atoms with Crippen LogP contribution in [0.1, 0.15) is 51.0 Å². The van der Waals surface area contributed by atoms with E-state index < -0.39 is 0 Å². The summed E-state index contributed by atoms with van der Waals surface area (Å²) in [5.41, 5.74) is 1.20. The number of hydrogen-bond acceptors (Lipinski definition) is 5. The fourth-order valence-corrected chi connectivity index (χ4v) is 2.50. The quantitative estimate of drug-likeness (QED) is 0.270. The van der Waals surface area contributed by atoms with E-state index in [1.807, 2.05) is 25.1 Å². The van der Waals surface area contributed by atoms with Gasteiger partial charge in [-0.1, -0.05) is 43.2 Å². The zero-order valence-corrected chi connectivity index (χ0v) is 15.6. The van der Waals surface area contributed by atoms with Gasteiger partial charge >= 0.3 is 5.97 Å². The van der Waals surface area contributed by atoms with Gasteiger partial charge in [-0.05, 0) is 31.7 Å². The fraction of sp³-hybridized carbons (Fsp3) is 0.650. The first-order valence-electron chi connectivity index (χ1n) is 9.14. The third-order valence-electron chi connectivity index (χ3n) is 3.82. The lowest BCUT2D eigenvalue weighted by Gasteiger charge is -2.17. The Morgan fingerprint density at radius 3 is 2.60 bits per heavy atom. The van der Waals surface area contributed by atoms with Crippen LogP contribution in [0.2, 0.25) is 0 Å². The molecule has 0 unspecified atom stereocenters. The zero-order valence-electron chi connectivity index (χ0n) is 15.6. The van der Waals surface area contributed by atoms with Gasteiger partial charge in [0.1, 0.15) is 6.79 Å². The first-order valence-corrected chi connectivity index (χ1v) is 9.14. The van der Waals surface area contributed by atoms with Crippen molar-refractivity contribution in [1.82, 2.24) is 0 Å². The lowest BCUT2D eigenvalue weighted by Crippen LogP contribution is -2.17. The molecule has 0 N–H and O–H groups in total. The van der Waals surface area contributed by atoms with Gasteiger partial charge < -0.3 is 18.9 Å². The highest BCUT2D eigenvalue weighted by Crippen LogP contribution is 2.13. The number of methoxy groups -OCH3 is 1. The first kappa shape index (κ1) is 21.6. The van der Waals surface area contributed by atoms with Crippen LogP contribution in [0, 0.1) is 0 Å². The van der Waals surface area contributed by atoms with Gasteiger partial charge in [-0.3, -0.25) is 4.79 Å². The van der Waals surface area contributed by atoms with Crippen molar-refractivity contribution in [2.75, 3.05) is 27.1 Å². The molecule has 0 amide bonds. The lowest BCUT2D eigenvalue weighted by atomic mass is 10.1. The Bertz CT molecular complexity index is 435. The molecule has 0 aliphatic rings. The molecule has 5 heteroatoms. The van der Waals surface area contributed by atoms with Gasteiger partial charge in [0.15, 0.2) is 0 Å². The Morgan fingerprint density at radius 1 is 1.08 bits per heavy atom. The van der Waals surface area contributed by atoms with Gasteiger partial charge in [0.2, 0.25) is 0 Å². The third-order valence-corrected chi connectivity index (χ3v) is 3.82. The molecule has 25 heavy (non-hydrogen) atoms. The molecule has 0 saturated heterocycles. The van der Waals surface area contributed by atoms with E-state index in [9.17, 15) is 4.79 Å². The average Bonchev–Trinajstić information content (AvgIpc) is 2.63. The Kier molecular flexibility index (Phi) is 12.9. The molecule has 0 spiro atoms. The van der Waals surface area contributed by atoms with Crippen molar-refractivity contribution in [2.24, 2.45) is 0 Å². The van der Waals surface area contributed by atoms with E-state index in [-0.39, 0.29) is 18.9 Å². The molecule has 5 nitrogen and oxygen atoms in total. The maximum absolute atomic E-state index is 11.5. The van der Waals surface area contributed by atoms with Gasteiger partial charge in [-0.15, -0.1) is 0 Å². The summed E-state index contributed by atoms with van der Waals surface area (Å²) in [4.78, 5) is 11.5. The summed E-state index contributed by atoms with van der Waals surface area (Å²) in [6, 6.07) is 10.2. The number of hydrogen-bond donors (Lipinski definition) is 0. The van der Waals surface area contributed by atoms with Crippen LogP contribution in [-0.4, -0.2) is 39.2 Å². The van der Waals surface area contributed by atoms with E-state index >= 15 is 0 Å². The van der Waals surface area contributed by atoms with Gasteiger partial charge in [-0.25, -0.2) is 0 Å². The number of esters is 1. The predicted octanol–water partition coefficient (Wildman–Crippen LogP) is 4.10. The molecule has 0 bridgehead atoms. The van der Waals surface area contributed by atoms with Crippen molar-refractivity contribution in [2.45, 2.75) is 58.2 Å². The van der Waals surface area contributed by atoms with Gasteiger partial charge in [0.25, 0.3) is 0 Å². The van der Waals surface area contributed by atoms with Crippen LogP contribution in [-0.2, 0) is 30.3 Å². The van der Waals surface area contributed by atoms with Crippen LogP contribution in [0.5, 0.6) is 0 Å². The summed E-state index contributed by atoms with van der Waals surface area (Å²) in [5.74, 6) is -0.164. The molecular weight excluding hydrogens is 320 g/mol. The third kappa shape index (κ3) is 11.7. The Balaban J connectivity index is 2.08. The summed E-state index contributed by atoms with van der Waals surface area (Å²) in [5, 5.41) is 0. The second kappa shape index (κ2) is 14.9. The van der Waals surface area contributed by atoms with Crippen molar-refractivity contribution in [3.63, 3.8) is 0 Å². The van der Waals surface area contributed by atoms with Crippen LogP contribution >= 0.6 is 0 Å². The second-order valence-electron chi connectivity index (χ2n) is 5.93. The van der Waals surface area contributed by atoms with E-state index in [1.54, 1.807) is 7.11 Å². The topological polar surface area (TPSA) is 54.0 Å². The molecule has 0 aliphatic carbocycles. The van der Waals surface area contributed by atoms with Gasteiger partial charge in [0, 0.05) is 20.1 Å². The molecule has 0 saturated carbocycles. The predicted molar refractivity (Wildman–Crippen MR) is 97.2 cm³/mol. The Morgan fingerprint density at radius 2 is 1.88 bits per heavy atom. The molecule has 1 aromatic rings. The maximum Gasteiger partial charge on any atom is 0.305 e. The average molecular weight is 352 g/mol. The molecule has 0 aliphatic heterocycles. The van der Waals surface area contributed by atoms with E-state index in [4.69, 9.17) is 18.9 Å². The molecule has 0 aromatic heterocycles. The highest BCUT2D eigenvalue weighted by molar-refractivity contribution is 5.69. The Labute approximate surface area is 151 Å². The molecule has 0 fully saturated rings. The molecule has 1 atom stereocenters. The molecule has 0 radical (unpaired) electrons. The minimum absolute atomic E-state index is 0.0367. The van der Waals surface area contributed by atoms with Crippen molar-refractivity contribution >= 4 is 5.97 Å². The summed E-state index contributed by atoms with van der Waals surface area (Å²) < 4.78 is 21.3. The Hall–Kier alpha value is -1.43. The van der Waals surface area contributed by atoms with Crippen molar-refractivity contribution in [1.29, 1.82) is 0 Å². The number of carbonyl (C=O) groups excluding carboxylic acids is 1. The molecular formula is C20H32O5. The van der Waals surface area contributed by atoms with Crippen molar-refractivity contribution in [3.8, 4) is 0 Å². The van der Waals surface area contributed by atoms with Crippen LogP contribution in [0.15, 0.2) is 30.3 Å². The number of ether oxygens (including phenoxy) is 4. The monoisotopic (exact) mass is 352 g/mol. The minimum Gasteiger partial charge on any atom is -0.466 e. The first-order chi connectivity index (χ1) is 12.3. The normalized spacial score (nSPS) is 12.1. The van der Waals surface area contributed by atoms with Crippen LogP contribution in [0.25, 0.3) is 0 Å². The second-order valence-corrected chi connectivity index (χ2v) is 5.93. The molecule has 142 valence electrons. The molecule has 1 rings (SSSR count). The van der Waals surface area contributed by atoms with E-state index in [1.165, 1.54) is 5.56 Å². The lowest BCUT2D eigenvalue weighted by molar-refractivity contribution is -0.144. The number of carbonyl (C=O) groups is 1. The van der Waals surface area contributed by atoms with Crippen LogP contribution in [0.3, 0.4) is 0 Å².